The van der Waals surface area contributed by atoms with Gasteiger partial charge in [-0.05, 0) is 31.8 Å². The van der Waals surface area contributed by atoms with E-state index in [1.165, 1.54) is 218 Å². The first kappa shape index (κ1) is 68.8. The van der Waals surface area contributed by atoms with Gasteiger partial charge < -0.3 is 28.5 Å². The van der Waals surface area contributed by atoms with Crippen molar-refractivity contribution in [1.29, 1.82) is 0 Å². The van der Waals surface area contributed by atoms with Crippen LogP contribution in [-0.4, -0.2) is 69.4 Å². The van der Waals surface area contributed by atoms with Crippen LogP contribution in [0.15, 0.2) is 12.2 Å². The molecular formula is C60H119N2O7P. The Morgan fingerprint density at radius 1 is 0.486 bits per heavy atom. The topological polar surface area (TPSA) is 114 Å². The molecule has 0 saturated heterocycles. The van der Waals surface area contributed by atoms with E-state index >= 15 is 0 Å². The third-order valence-electron chi connectivity index (χ3n) is 14.0. The van der Waals surface area contributed by atoms with Gasteiger partial charge in [0.25, 0.3) is 7.82 Å². The number of amides is 1. The normalized spacial score (nSPS) is 13.8. The highest BCUT2D eigenvalue weighted by Gasteiger charge is 2.27. The van der Waals surface area contributed by atoms with Crippen molar-refractivity contribution < 1.29 is 37.3 Å². The minimum atomic E-state index is -4.69. The zero-order chi connectivity index (χ0) is 51.5. The second kappa shape index (κ2) is 51.2. The van der Waals surface area contributed by atoms with Crippen LogP contribution in [0.1, 0.15) is 310 Å². The van der Waals surface area contributed by atoms with Gasteiger partial charge in [-0.25, -0.2) is 0 Å². The van der Waals surface area contributed by atoms with Gasteiger partial charge in [0, 0.05) is 12.8 Å². The molecule has 70 heavy (non-hydrogen) atoms. The van der Waals surface area contributed by atoms with Crippen LogP contribution < -0.4 is 10.2 Å². The number of esters is 1. The number of phosphoric acid groups is 1. The minimum Gasteiger partial charge on any atom is -0.756 e. The van der Waals surface area contributed by atoms with Crippen LogP contribution in [0.3, 0.4) is 0 Å². The maximum atomic E-state index is 13.5. The van der Waals surface area contributed by atoms with Crippen LogP contribution in [0.25, 0.3) is 0 Å². The molecule has 0 aliphatic rings. The molecule has 0 radical (unpaired) electrons. The number of nitrogens with zero attached hydrogens (tertiary/aromatic N) is 1. The molecule has 416 valence electrons. The molecule has 3 unspecified atom stereocenters. The van der Waals surface area contributed by atoms with Crippen LogP contribution in [0.4, 0.5) is 0 Å². The Kier molecular flexibility index (Phi) is 50.3. The SMILES string of the molecule is CCCCCCCCCCC/C=C/C(OC(=O)CCCCCCCCCCCCCCCC)C(COP(=O)([O-])OCC[N+](C)(C)C)NC(=O)CCCCCCCCCCCCCCCCCCCCC. The van der Waals surface area contributed by atoms with Crippen molar-refractivity contribution in [2.75, 3.05) is 40.9 Å². The number of rotatable bonds is 56. The van der Waals surface area contributed by atoms with E-state index in [-0.39, 0.29) is 31.5 Å². The number of carbonyl (C=O) groups excluding carboxylic acids is 2. The molecule has 0 aromatic rings. The van der Waals surface area contributed by atoms with Gasteiger partial charge in [0.15, 0.2) is 0 Å². The Bertz CT molecular complexity index is 1210. The van der Waals surface area contributed by atoms with Gasteiger partial charge in [0.2, 0.25) is 5.91 Å². The second-order valence-electron chi connectivity index (χ2n) is 22.2. The molecule has 0 spiro atoms. The fraction of sp³-hybridized carbons (Fsp3) is 0.933. The van der Waals surface area contributed by atoms with E-state index in [0.29, 0.717) is 17.4 Å². The third-order valence-corrected chi connectivity index (χ3v) is 14.9. The molecule has 0 aliphatic carbocycles. The molecule has 9 nitrogen and oxygen atoms in total. The van der Waals surface area contributed by atoms with Crippen molar-refractivity contribution >= 4 is 19.7 Å². The Morgan fingerprint density at radius 2 is 0.814 bits per heavy atom. The van der Waals surface area contributed by atoms with Crippen LogP contribution >= 0.6 is 7.82 Å². The summed E-state index contributed by atoms with van der Waals surface area (Å²) in [7, 11) is 1.21. The van der Waals surface area contributed by atoms with Crippen molar-refractivity contribution in [2.45, 2.75) is 322 Å². The predicted octanol–water partition coefficient (Wildman–Crippen LogP) is 17.8. The molecular weight excluding hydrogens is 892 g/mol. The summed E-state index contributed by atoms with van der Waals surface area (Å²) >= 11 is 0. The number of nitrogens with one attached hydrogen (secondary N) is 1. The first-order chi connectivity index (χ1) is 33.9. The number of quaternary nitrogens is 1. The molecule has 1 amide bonds. The summed E-state index contributed by atoms with van der Waals surface area (Å²) in [6.07, 6.45) is 57.4. The zero-order valence-corrected chi connectivity index (χ0v) is 48.4. The molecule has 3 atom stereocenters. The van der Waals surface area contributed by atoms with Crippen LogP contribution in [-0.2, 0) is 27.9 Å². The number of carbonyl (C=O) groups is 2. The Balaban J connectivity index is 5.18. The van der Waals surface area contributed by atoms with Crippen molar-refractivity contribution in [3.8, 4) is 0 Å². The quantitative estimate of drug-likeness (QED) is 0.0212. The minimum absolute atomic E-state index is 0.0169. The molecule has 0 aliphatic heterocycles. The van der Waals surface area contributed by atoms with E-state index < -0.39 is 20.0 Å². The number of hydrogen-bond donors (Lipinski definition) is 1. The van der Waals surface area contributed by atoms with E-state index in [1.54, 1.807) is 0 Å². The average Bonchev–Trinajstić information content (AvgIpc) is 3.32. The van der Waals surface area contributed by atoms with Crippen molar-refractivity contribution in [3.05, 3.63) is 12.2 Å². The predicted molar refractivity (Wildman–Crippen MR) is 298 cm³/mol. The molecule has 10 heteroatoms. The monoisotopic (exact) mass is 1010 g/mol. The molecule has 1 N–H and O–H groups in total. The molecule has 0 aromatic carbocycles. The standard InChI is InChI=1S/C60H119N2O7P/c1-7-10-13-16-19-22-25-27-29-30-31-32-33-34-37-40-43-46-49-52-59(63)61-57(56-68-70(65,66)67-55-54-62(4,5)6)58(51-48-45-42-39-36-24-21-18-15-12-9-3)69-60(64)53-50-47-44-41-38-35-28-26-23-20-17-14-11-8-2/h48,51,57-58H,7-47,49-50,52-56H2,1-6H3,(H-,61,63,65,66)/b51-48+. The third kappa shape index (κ3) is 51.6. The van der Waals surface area contributed by atoms with Crippen LogP contribution in [0, 0.1) is 0 Å². The summed E-state index contributed by atoms with van der Waals surface area (Å²) in [5, 5.41) is 3.03. The van der Waals surface area contributed by atoms with Gasteiger partial charge in [-0.1, -0.05) is 277 Å². The lowest BCUT2D eigenvalue weighted by Gasteiger charge is -2.30. The number of phosphoric ester groups is 1. The van der Waals surface area contributed by atoms with E-state index in [2.05, 4.69) is 26.1 Å². The number of hydrogen-bond acceptors (Lipinski definition) is 7. The molecule has 0 rings (SSSR count). The highest BCUT2D eigenvalue weighted by molar-refractivity contribution is 7.45. The van der Waals surface area contributed by atoms with Gasteiger partial charge in [0.1, 0.15) is 19.3 Å². The van der Waals surface area contributed by atoms with Crippen LogP contribution in [0.5, 0.6) is 0 Å². The fourth-order valence-electron chi connectivity index (χ4n) is 9.23. The number of ether oxygens (including phenoxy) is 1. The molecule has 0 bridgehead atoms. The Labute approximate surface area is 435 Å². The van der Waals surface area contributed by atoms with E-state index in [0.717, 1.165) is 57.8 Å². The smallest absolute Gasteiger partial charge is 0.306 e. The first-order valence-corrected chi connectivity index (χ1v) is 32.0. The lowest BCUT2D eigenvalue weighted by molar-refractivity contribution is -0.870. The van der Waals surface area contributed by atoms with Crippen molar-refractivity contribution in [3.63, 3.8) is 0 Å². The lowest BCUT2D eigenvalue weighted by atomic mass is 10.0. The second-order valence-corrected chi connectivity index (χ2v) is 23.6. The summed E-state index contributed by atoms with van der Waals surface area (Å²) in [4.78, 5) is 39.9. The lowest BCUT2D eigenvalue weighted by Crippen LogP contribution is -2.47. The molecule has 0 heterocycles. The summed E-state index contributed by atoms with van der Waals surface area (Å²) in [5.41, 5.74) is 0. The summed E-state index contributed by atoms with van der Waals surface area (Å²) < 4.78 is 30.3. The Hall–Kier alpha value is -1.25. The van der Waals surface area contributed by atoms with E-state index in [9.17, 15) is 19.0 Å². The van der Waals surface area contributed by atoms with Crippen molar-refractivity contribution in [2.24, 2.45) is 0 Å². The average molecular weight is 1010 g/mol. The maximum absolute atomic E-state index is 13.5. The number of likely N-dealkylation sites (N-methyl/N-ethyl adjacent to an activating group) is 1. The number of allylic oxidation sites excluding steroid dienone is 1. The van der Waals surface area contributed by atoms with Gasteiger partial charge in [-0.3, -0.25) is 14.2 Å². The van der Waals surface area contributed by atoms with E-state index in [1.807, 2.05) is 33.3 Å². The maximum Gasteiger partial charge on any atom is 0.306 e. The Morgan fingerprint density at radius 3 is 1.17 bits per heavy atom. The van der Waals surface area contributed by atoms with Crippen LogP contribution in [0.2, 0.25) is 0 Å². The first-order valence-electron chi connectivity index (χ1n) is 30.5. The highest BCUT2D eigenvalue weighted by Crippen LogP contribution is 2.38. The summed E-state index contributed by atoms with van der Waals surface area (Å²) in [5.74, 6) is -0.521. The van der Waals surface area contributed by atoms with E-state index in [4.69, 9.17) is 13.8 Å². The largest absolute Gasteiger partial charge is 0.756 e. The van der Waals surface area contributed by atoms with Gasteiger partial charge in [-0.15, -0.1) is 0 Å². The van der Waals surface area contributed by atoms with Gasteiger partial charge >= 0.3 is 5.97 Å². The van der Waals surface area contributed by atoms with Gasteiger partial charge in [0.05, 0.1) is 33.8 Å². The highest BCUT2D eigenvalue weighted by atomic mass is 31.2. The number of unbranched alkanes of at least 4 members (excludes halogenated alkanes) is 40. The molecule has 0 aromatic heterocycles. The molecule has 0 fully saturated rings. The molecule has 0 saturated carbocycles. The zero-order valence-electron chi connectivity index (χ0n) is 47.5. The summed E-state index contributed by atoms with van der Waals surface area (Å²) in [6, 6.07) is -0.878. The van der Waals surface area contributed by atoms with Gasteiger partial charge in [-0.2, -0.15) is 0 Å². The summed E-state index contributed by atoms with van der Waals surface area (Å²) in [6.45, 7) is 6.88. The fourth-order valence-corrected chi connectivity index (χ4v) is 9.95. The van der Waals surface area contributed by atoms with Crippen molar-refractivity contribution in [1.82, 2.24) is 5.32 Å².